The molecule has 5 heteroatoms. The lowest BCUT2D eigenvalue weighted by atomic mass is 9.85. The van der Waals surface area contributed by atoms with Gasteiger partial charge in [-0.25, -0.2) is 4.39 Å². The maximum atomic E-state index is 13.1. The van der Waals surface area contributed by atoms with E-state index in [1.807, 2.05) is 41.3 Å². The highest BCUT2D eigenvalue weighted by molar-refractivity contribution is 5.85. The number of methoxy groups -OCH3 is 1. The Morgan fingerprint density at radius 3 is 2.59 bits per heavy atom. The number of carbonyl (C=O) groups excluding carboxylic acids is 1. The third-order valence-corrected chi connectivity index (χ3v) is 5.86. The fourth-order valence-corrected chi connectivity index (χ4v) is 4.35. The minimum Gasteiger partial charge on any atom is -0.497 e. The van der Waals surface area contributed by atoms with Gasteiger partial charge >= 0.3 is 0 Å². The quantitative estimate of drug-likeness (QED) is 0.810. The molecule has 2 saturated heterocycles. The van der Waals surface area contributed by atoms with Crippen LogP contribution in [0.2, 0.25) is 0 Å². The van der Waals surface area contributed by atoms with Crippen molar-refractivity contribution in [2.24, 2.45) is 5.41 Å². The van der Waals surface area contributed by atoms with Gasteiger partial charge in [0.15, 0.2) is 0 Å². The Hall–Kier alpha value is -2.40. The summed E-state index contributed by atoms with van der Waals surface area (Å²) in [5, 5.41) is 0. The van der Waals surface area contributed by atoms with Crippen molar-refractivity contribution >= 4 is 5.91 Å². The van der Waals surface area contributed by atoms with Gasteiger partial charge in [-0.1, -0.05) is 24.3 Å². The molecule has 1 unspecified atom stereocenters. The summed E-state index contributed by atoms with van der Waals surface area (Å²) in [6.45, 7) is 3.91. The van der Waals surface area contributed by atoms with Crippen molar-refractivity contribution in [1.29, 1.82) is 0 Å². The summed E-state index contributed by atoms with van der Waals surface area (Å²) < 4.78 is 18.4. The second-order valence-electron chi connectivity index (χ2n) is 7.70. The number of hydrogen-bond acceptors (Lipinski definition) is 3. The van der Waals surface area contributed by atoms with Gasteiger partial charge in [-0.15, -0.1) is 0 Å². The van der Waals surface area contributed by atoms with E-state index in [1.165, 1.54) is 12.1 Å². The van der Waals surface area contributed by atoms with Crippen LogP contribution in [0.5, 0.6) is 5.75 Å². The van der Waals surface area contributed by atoms with Gasteiger partial charge < -0.3 is 9.64 Å². The zero-order valence-electron chi connectivity index (χ0n) is 15.7. The molecule has 0 aliphatic carbocycles. The van der Waals surface area contributed by atoms with Gasteiger partial charge in [0.05, 0.1) is 12.5 Å². The zero-order chi connectivity index (χ0) is 18.9. The number of rotatable bonds is 5. The Morgan fingerprint density at radius 1 is 1.04 bits per heavy atom. The van der Waals surface area contributed by atoms with Crippen LogP contribution in [0.25, 0.3) is 0 Å². The van der Waals surface area contributed by atoms with Crippen LogP contribution in [0.1, 0.15) is 24.0 Å². The predicted molar refractivity (Wildman–Crippen MR) is 102 cm³/mol. The molecule has 1 spiro atoms. The molecule has 2 aliphatic heterocycles. The highest BCUT2D eigenvalue weighted by atomic mass is 19.1. The molecular weight excluding hydrogens is 343 g/mol. The fraction of sp³-hybridized carbons (Fsp3) is 0.409. The standard InChI is InChI=1S/C22H25FN2O2/c1-27-20-4-2-3-18(13-20)15-25-12-10-22(21(25)26)9-11-24(16-22)14-17-5-7-19(23)8-6-17/h2-8,13H,9-12,14-16H2,1H3. The second kappa shape index (κ2) is 7.31. The Kier molecular flexibility index (Phi) is 4.87. The Balaban J connectivity index is 1.39. The lowest BCUT2D eigenvalue weighted by molar-refractivity contribution is -0.136. The number of halogens is 1. The van der Waals surface area contributed by atoms with E-state index in [0.29, 0.717) is 6.54 Å². The molecule has 2 heterocycles. The van der Waals surface area contributed by atoms with Crippen LogP contribution in [0.15, 0.2) is 48.5 Å². The van der Waals surface area contributed by atoms with E-state index in [-0.39, 0.29) is 17.1 Å². The third kappa shape index (κ3) is 3.69. The lowest BCUT2D eigenvalue weighted by Crippen LogP contribution is -2.36. The molecule has 2 fully saturated rings. The van der Waals surface area contributed by atoms with Crippen LogP contribution < -0.4 is 4.74 Å². The van der Waals surface area contributed by atoms with Crippen molar-refractivity contribution in [3.05, 3.63) is 65.5 Å². The number of likely N-dealkylation sites (tertiary alicyclic amines) is 2. The number of hydrogen-bond donors (Lipinski definition) is 0. The molecule has 2 aliphatic rings. The lowest BCUT2D eigenvalue weighted by Gasteiger charge is -2.24. The second-order valence-corrected chi connectivity index (χ2v) is 7.70. The van der Waals surface area contributed by atoms with Gasteiger partial charge in [-0.2, -0.15) is 0 Å². The first-order valence-electron chi connectivity index (χ1n) is 9.47. The minimum atomic E-state index is -0.251. The highest BCUT2D eigenvalue weighted by Crippen LogP contribution is 2.41. The maximum absolute atomic E-state index is 13.1. The number of ether oxygens (including phenoxy) is 1. The monoisotopic (exact) mass is 368 g/mol. The molecular formula is C22H25FN2O2. The number of amides is 1. The normalized spacial score (nSPS) is 22.7. The van der Waals surface area contributed by atoms with Crippen LogP contribution in [0.3, 0.4) is 0 Å². The zero-order valence-corrected chi connectivity index (χ0v) is 15.7. The SMILES string of the molecule is COc1cccc(CN2CCC3(CCN(Cc4ccc(F)cc4)C3)C2=O)c1. The number of nitrogens with zero attached hydrogens (tertiary/aromatic N) is 2. The summed E-state index contributed by atoms with van der Waals surface area (Å²) >= 11 is 0. The molecule has 2 aromatic rings. The maximum Gasteiger partial charge on any atom is 0.230 e. The molecule has 0 aromatic heterocycles. The van der Waals surface area contributed by atoms with Crippen molar-refractivity contribution in [1.82, 2.24) is 9.80 Å². The first kappa shape index (κ1) is 18.0. The first-order chi connectivity index (χ1) is 13.1. The van der Waals surface area contributed by atoms with Gasteiger partial charge in [-0.05, 0) is 54.8 Å². The Morgan fingerprint density at radius 2 is 1.81 bits per heavy atom. The molecule has 0 N–H and O–H groups in total. The van der Waals surface area contributed by atoms with E-state index >= 15 is 0 Å². The van der Waals surface area contributed by atoms with Crippen molar-refractivity contribution in [2.45, 2.75) is 25.9 Å². The molecule has 1 amide bonds. The van der Waals surface area contributed by atoms with Crippen molar-refractivity contribution in [3.8, 4) is 5.75 Å². The van der Waals surface area contributed by atoms with Crippen LogP contribution in [0, 0.1) is 11.2 Å². The first-order valence-corrected chi connectivity index (χ1v) is 9.47. The summed E-state index contributed by atoms with van der Waals surface area (Å²) in [7, 11) is 1.66. The van der Waals surface area contributed by atoms with Crippen LogP contribution in [-0.4, -0.2) is 42.5 Å². The summed E-state index contributed by atoms with van der Waals surface area (Å²) in [6.07, 6.45) is 1.82. The van der Waals surface area contributed by atoms with E-state index in [4.69, 9.17) is 4.74 Å². The van der Waals surface area contributed by atoms with Crippen LogP contribution >= 0.6 is 0 Å². The average molecular weight is 368 g/mol. The van der Waals surface area contributed by atoms with E-state index in [2.05, 4.69) is 4.90 Å². The predicted octanol–water partition coefficient (Wildman–Crippen LogP) is 3.46. The number of benzene rings is 2. The topological polar surface area (TPSA) is 32.8 Å². The van der Waals surface area contributed by atoms with Crippen molar-refractivity contribution in [2.75, 3.05) is 26.7 Å². The molecule has 4 nitrogen and oxygen atoms in total. The molecule has 2 aromatic carbocycles. The molecule has 0 saturated carbocycles. The van der Waals surface area contributed by atoms with Crippen molar-refractivity contribution < 1.29 is 13.9 Å². The Bertz CT molecular complexity index is 823. The molecule has 27 heavy (non-hydrogen) atoms. The van der Waals surface area contributed by atoms with E-state index in [9.17, 15) is 9.18 Å². The van der Waals surface area contributed by atoms with E-state index < -0.39 is 0 Å². The van der Waals surface area contributed by atoms with Gasteiger partial charge in [0, 0.05) is 26.2 Å². The van der Waals surface area contributed by atoms with Crippen LogP contribution in [0.4, 0.5) is 4.39 Å². The third-order valence-electron chi connectivity index (χ3n) is 5.86. The number of carbonyl (C=O) groups is 1. The van der Waals surface area contributed by atoms with E-state index in [1.54, 1.807) is 7.11 Å². The largest absolute Gasteiger partial charge is 0.497 e. The minimum absolute atomic E-state index is 0.212. The summed E-state index contributed by atoms with van der Waals surface area (Å²) in [4.78, 5) is 17.5. The molecule has 1 atom stereocenters. The Labute approximate surface area is 159 Å². The fourth-order valence-electron chi connectivity index (χ4n) is 4.35. The smallest absolute Gasteiger partial charge is 0.230 e. The average Bonchev–Trinajstić information content (AvgIpc) is 3.23. The summed E-state index contributed by atoms with van der Waals surface area (Å²) in [5.74, 6) is 0.878. The van der Waals surface area contributed by atoms with Gasteiger partial charge in [0.25, 0.3) is 0 Å². The summed E-state index contributed by atoms with van der Waals surface area (Å²) in [6, 6.07) is 14.6. The highest BCUT2D eigenvalue weighted by Gasteiger charge is 2.50. The van der Waals surface area contributed by atoms with Crippen molar-refractivity contribution in [3.63, 3.8) is 0 Å². The van der Waals surface area contributed by atoms with Gasteiger partial charge in [0.1, 0.15) is 11.6 Å². The molecule has 0 radical (unpaired) electrons. The van der Waals surface area contributed by atoms with Crippen LogP contribution in [-0.2, 0) is 17.9 Å². The van der Waals surface area contributed by atoms with Gasteiger partial charge in [-0.3, -0.25) is 9.69 Å². The molecule has 4 rings (SSSR count). The molecule has 0 bridgehead atoms. The summed E-state index contributed by atoms with van der Waals surface area (Å²) in [5.41, 5.74) is 1.94. The molecule has 142 valence electrons. The van der Waals surface area contributed by atoms with Gasteiger partial charge in [0.2, 0.25) is 5.91 Å². The van der Waals surface area contributed by atoms with E-state index in [0.717, 1.165) is 55.9 Å².